The van der Waals surface area contributed by atoms with Crippen LogP contribution in [0.4, 0.5) is 0 Å². The van der Waals surface area contributed by atoms with E-state index in [-0.39, 0.29) is 6.42 Å². The van der Waals surface area contributed by atoms with E-state index in [1.165, 1.54) is 0 Å². The Kier molecular flexibility index (Phi) is 7.77. The number of rotatable bonds is 4. The maximum Gasteiger partial charge on any atom is 0.466 e. The number of quaternary nitrogens is 1. The summed E-state index contributed by atoms with van der Waals surface area (Å²) in [6, 6.07) is 0. The molecule has 4 N–H and O–H groups in total. The highest BCUT2D eigenvalue weighted by Gasteiger charge is 2.14. The van der Waals surface area contributed by atoms with Crippen molar-refractivity contribution in [2.75, 3.05) is 27.7 Å². The fraction of sp³-hybridized carbons (Fsp3) is 0.857. The zero-order valence-electron chi connectivity index (χ0n) is 9.40. The molecule has 0 rings (SSSR count). The summed E-state index contributed by atoms with van der Waals surface area (Å²) in [7, 11) is 1.02. The van der Waals surface area contributed by atoms with E-state index < -0.39 is 19.9 Å². The molecule has 0 saturated heterocycles. The van der Waals surface area contributed by atoms with Crippen molar-refractivity contribution in [2.24, 2.45) is 0 Å². The molecular formula is C7H18NO7P. The molecule has 0 aromatic heterocycles. The fourth-order valence-electron chi connectivity index (χ4n) is 0.889. The molecule has 0 heterocycles. The number of carboxylic acid groups (broad SMARTS) is 1. The highest BCUT2D eigenvalue weighted by Crippen LogP contribution is 2.25. The number of phosphoric acid groups is 1. The summed E-state index contributed by atoms with van der Waals surface area (Å²) in [5.41, 5.74) is 0. The van der Waals surface area contributed by atoms with Crippen LogP contribution in [0.1, 0.15) is 6.42 Å². The quantitative estimate of drug-likeness (QED) is 0.317. The van der Waals surface area contributed by atoms with Crippen molar-refractivity contribution in [3.05, 3.63) is 0 Å². The largest absolute Gasteiger partial charge is 0.550 e. The minimum Gasteiger partial charge on any atom is -0.550 e. The molecule has 98 valence electrons. The maximum absolute atomic E-state index is 10.0. The van der Waals surface area contributed by atoms with Crippen LogP contribution in [0.25, 0.3) is 0 Å². The van der Waals surface area contributed by atoms with Gasteiger partial charge in [0.2, 0.25) is 0 Å². The van der Waals surface area contributed by atoms with E-state index >= 15 is 0 Å². The number of aliphatic hydroxyl groups excluding tert-OH is 1. The van der Waals surface area contributed by atoms with E-state index in [1.54, 1.807) is 0 Å². The molecule has 9 heteroatoms. The van der Waals surface area contributed by atoms with Crippen LogP contribution in [0.15, 0.2) is 0 Å². The molecule has 0 aromatic carbocycles. The molecule has 0 bridgehead atoms. The predicted octanol–water partition coefficient (Wildman–Crippen LogP) is -2.74. The number of hydrogen-bond donors (Lipinski definition) is 4. The van der Waals surface area contributed by atoms with Gasteiger partial charge in [0.25, 0.3) is 0 Å². The van der Waals surface area contributed by atoms with Gasteiger partial charge in [-0.15, -0.1) is 0 Å². The first-order valence-corrected chi connectivity index (χ1v) is 5.84. The van der Waals surface area contributed by atoms with Gasteiger partial charge in [-0.25, -0.2) is 4.57 Å². The van der Waals surface area contributed by atoms with Gasteiger partial charge in [0.05, 0.1) is 21.1 Å². The van der Waals surface area contributed by atoms with Crippen LogP contribution in [0.3, 0.4) is 0 Å². The lowest BCUT2D eigenvalue weighted by Gasteiger charge is -2.26. The van der Waals surface area contributed by atoms with Crippen LogP contribution in [0.2, 0.25) is 0 Å². The van der Waals surface area contributed by atoms with Crippen LogP contribution in [0, 0.1) is 0 Å². The van der Waals surface area contributed by atoms with Gasteiger partial charge >= 0.3 is 7.82 Å². The van der Waals surface area contributed by atoms with E-state index in [2.05, 4.69) is 0 Å². The second-order valence-corrected chi connectivity index (χ2v) is 5.24. The Labute approximate surface area is 93.6 Å². The Bertz CT molecular complexity index is 248. The summed E-state index contributed by atoms with van der Waals surface area (Å²) in [5.74, 6) is -1.20. The van der Waals surface area contributed by atoms with Crippen molar-refractivity contribution in [2.45, 2.75) is 12.5 Å². The Balaban J connectivity index is 0. The van der Waals surface area contributed by atoms with Gasteiger partial charge in [-0.05, 0) is 0 Å². The third-order valence-corrected chi connectivity index (χ3v) is 1.16. The highest BCUT2D eigenvalue weighted by molar-refractivity contribution is 7.45. The number of carboxylic acids is 1. The molecule has 0 radical (unpaired) electrons. The first-order valence-electron chi connectivity index (χ1n) is 4.28. The Morgan fingerprint density at radius 1 is 1.31 bits per heavy atom. The van der Waals surface area contributed by atoms with Crippen LogP contribution >= 0.6 is 7.82 Å². The highest BCUT2D eigenvalue weighted by atomic mass is 31.2. The molecule has 0 spiro atoms. The average molecular weight is 259 g/mol. The van der Waals surface area contributed by atoms with Gasteiger partial charge in [0, 0.05) is 12.4 Å². The van der Waals surface area contributed by atoms with Crippen molar-refractivity contribution < 1.29 is 38.7 Å². The summed E-state index contributed by atoms with van der Waals surface area (Å²) in [6.07, 6.45) is -1.09. The second-order valence-electron chi connectivity index (χ2n) is 4.22. The number of likely N-dealkylation sites (N-methyl/N-ethyl adjacent to an activating group) is 1. The second kappa shape index (κ2) is 6.95. The van der Waals surface area contributed by atoms with E-state index in [0.29, 0.717) is 11.0 Å². The Morgan fingerprint density at radius 3 is 1.81 bits per heavy atom. The van der Waals surface area contributed by atoms with Gasteiger partial charge in [-0.1, -0.05) is 0 Å². The predicted molar refractivity (Wildman–Crippen MR) is 52.8 cm³/mol. The fourth-order valence-corrected chi connectivity index (χ4v) is 0.889. The summed E-state index contributed by atoms with van der Waals surface area (Å²) in [4.78, 5) is 31.6. The molecule has 0 fully saturated rings. The van der Waals surface area contributed by atoms with Crippen LogP contribution in [0.5, 0.6) is 0 Å². The molecule has 0 aliphatic rings. The zero-order valence-corrected chi connectivity index (χ0v) is 10.3. The first-order chi connectivity index (χ1) is 6.81. The van der Waals surface area contributed by atoms with E-state index in [4.69, 9.17) is 24.4 Å². The monoisotopic (exact) mass is 259 g/mol. The number of aliphatic carboxylic acids is 1. The first kappa shape index (κ1) is 17.9. The van der Waals surface area contributed by atoms with Crippen molar-refractivity contribution >= 4 is 13.8 Å². The summed E-state index contributed by atoms with van der Waals surface area (Å²) >= 11 is 0. The van der Waals surface area contributed by atoms with Gasteiger partial charge in [-0.3, -0.25) is 0 Å². The van der Waals surface area contributed by atoms with Crippen LogP contribution < -0.4 is 5.11 Å². The van der Waals surface area contributed by atoms with E-state index in [1.807, 2.05) is 21.1 Å². The molecule has 16 heavy (non-hydrogen) atoms. The minimum absolute atomic E-state index is 0.282. The van der Waals surface area contributed by atoms with Crippen molar-refractivity contribution in [3.63, 3.8) is 0 Å². The Hall–Kier alpha value is -0.500. The molecule has 0 aromatic rings. The van der Waals surface area contributed by atoms with E-state index in [0.717, 1.165) is 0 Å². The third kappa shape index (κ3) is 29.2. The lowest BCUT2D eigenvalue weighted by molar-refractivity contribution is -0.873. The Morgan fingerprint density at radius 2 is 1.62 bits per heavy atom. The summed E-state index contributed by atoms with van der Waals surface area (Å²) < 4.78 is 9.43. The number of hydrogen-bond acceptors (Lipinski definition) is 4. The normalized spacial score (nSPS) is 13.7. The molecule has 1 unspecified atom stereocenters. The van der Waals surface area contributed by atoms with Gasteiger partial charge in [-0.2, -0.15) is 0 Å². The van der Waals surface area contributed by atoms with Crippen molar-refractivity contribution in [1.29, 1.82) is 0 Å². The van der Waals surface area contributed by atoms with Gasteiger partial charge < -0.3 is 34.2 Å². The number of aliphatic hydroxyl groups is 1. The molecule has 0 aliphatic heterocycles. The third-order valence-electron chi connectivity index (χ3n) is 1.16. The standard InChI is InChI=1S/C7H15NO3.H3O4P/c1-8(2,3)5-6(9)4-7(10)11;1-5(2,3)4/h6,9H,4-5H2,1-3H3;(H3,1,2,3,4). The molecular weight excluding hydrogens is 241 g/mol. The average Bonchev–Trinajstić information content (AvgIpc) is 1.72. The smallest absolute Gasteiger partial charge is 0.466 e. The topological polar surface area (TPSA) is 138 Å². The molecule has 0 aliphatic carbocycles. The van der Waals surface area contributed by atoms with Crippen molar-refractivity contribution in [1.82, 2.24) is 0 Å². The van der Waals surface area contributed by atoms with Crippen molar-refractivity contribution in [3.8, 4) is 0 Å². The SMILES string of the molecule is C[N+](C)(C)CC(O)CC(=O)[O-].O=P(O)(O)O. The van der Waals surface area contributed by atoms with Gasteiger partial charge in [0.1, 0.15) is 12.6 Å². The van der Waals surface area contributed by atoms with Gasteiger partial charge in [0.15, 0.2) is 0 Å². The maximum atomic E-state index is 10.0. The molecule has 1 atom stereocenters. The minimum atomic E-state index is -4.64. The number of carbonyl (C=O) groups is 1. The van der Waals surface area contributed by atoms with E-state index in [9.17, 15) is 9.90 Å². The molecule has 0 saturated carbocycles. The van der Waals surface area contributed by atoms with Crippen LogP contribution in [-0.2, 0) is 9.36 Å². The lowest BCUT2D eigenvalue weighted by Crippen LogP contribution is -2.43. The molecule has 8 nitrogen and oxygen atoms in total. The lowest BCUT2D eigenvalue weighted by atomic mass is 10.2. The molecule has 0 amide bonds. The summed E-state index contributed by atoms with van der Waals surface area (Å²) in [5, 5.41) is 19.1. The zero-order chi connectivity index (χ0) is 13.6. The summed E-state index contributed by atoms with van der Waals surface area (Å²) in [6.45, 7) is 0.425. The van der Waals surface area contributed by atoms with Crippen LogP contribution in [-0.4, -0.2) is 64.0 Å². The number of carbonyl (C=O) groups excluding carboxylic acids is 1. The number of nitrogens with zero attached hydrogens (tertiary/aromatic N) is 1.